The van der Waals surface area contributed by atoms with Crippen LogP contribution < -0.4 is 10.2 Å². The van der Waals surface area contributed by atoms with Crippen LogP contribution in [0.1, 0.15) is 12.8 Å². The first-order chi connectivity index (χ1) is 15.2. The van der Waals surface area contributed by atoms with Crippen LogP contribution in [0.15, 0.2) is 24.3 Å². The van der Waals surface area contributed by atoms with E-state index in [1.807, 2.05) is 12.1 Å². The van der Waals surface area contributed by atoms with Crippen LogP contribution in [0.25, 0.3) is 0 Å². The van der Waals surface area contributed by atoms with E-state index in [4.69, 9.17) is 36.7 Å². The van der Waals surface area contributed by atoms with Crippen LogP contribution in [0.5, 0.6) is 0 Å². The highest BCUT2D eigenvalue weighted by molar-refractivity contribution is 6.30. The van der Waals surface area contributed by atoms with E-state index < -0.39 is 11.9 Å². The predicted octanol–water partition coefficient (Wildman–Crippen LogP) is 0.842. The van der Waals surface area contributed by atoms with Crippen LogP contribution in [0.4, 0.5) is 10.5 Å². The van der Waals surface area contributed by atoms with E-state index in [2.05, 4.69) is 11.4 Å². The van der Waals surface area contributed by atoms with Gasteiger partial charge in [-0.3, -0.25) is 9.69 Å². The lowest BCUT2D eigenvalue weighted by molar-refractivity contribution is -0.159. The maximum atomic E-state index is 12.5. The fourth-order valence-electron chi connectivity index (χ4n) is 3.36. The molecule has 0 saturated carbocycles. The zero-order chi connectivity index (χ0) is 23.7. The van der Waals surface area contributed by atoms with Gasteiger partial charge in [-0.2, -0.15) is 5.26 Å². The van der Waals surface area contributed by atoms with E-state index in [0.29, 0.717) is 37.7 Å². The number of carbonyl (C=O) groups excluding carboxylic acids is 2. The van der Waals surface area contributed by atoms with Gasteiger partial charge in [-0.15, -0.1) is 0 Å². The third-order valence-electron chi connectivity index (χ3n) is 4.97. The van der Waals surface area contributed by atoms with E-state index in [9.17, 15) is 9.59 Å². The molecule has 0 spiro atoms. The van der Waals surface area contributed by atoms with Crippen molar-refractivity contribution in [2.24, 2.45) is 0 Å². The van der Waals surface area contributed by atoms with Gasteiger partial charge in [-0.1, -0.05) is 11.6 Å². The first-order valence-electron chi connectivity index (χ1n) is 9.92. The second-order valence-electron chi connectivity index (χ2n) is 7.06. The number of amides is 3. The number of urea groups is 1. The number of hydrogen-bond donors (Lipinski definition) is 3. The fourth-order valence-corrected chi connectivity index (χ4v) is 3.49. The summed E-state index contributed by atoms with van der Waals surface area (Å²) in [7, 11) is 0. The quantitative estimate of drug-likeness (QED) is 0.412. The summed E-state index contributed by atoms with van der Waals surface area (Å²) >= 11 is 5.89. The molecule has 1 aromatic carbocycles. The van der Waals surface area contributed by atoms with Crippen LogP contribution in [-0.2, 0) is 14.4 Å². The number of benzene rings is 1. The number of aliphatic carboxylic acids is 2. The number of rotatable bonds is 6. The van der Waals surface area contributed by atoms with Crippen molar-refractivity contribution in [2.45, 2.75) is 18.9 Å². The van der Waals surface area contributed by atoms with E-state index in [-0.39, 0.29) is 24.5 Å². The summed E-state index contributed by atoms with van der Waals surface area (Å²) in [5, 5.41) is 27.6. The molecule has 3 rings (SSSR count). The molecule has 1 aromatic rings. The van der Waals surface area contributed by atoms with Crippen molar-refractivity contribution in [1.29, 1.82) is 5.26 Å². The lowest BCUT2D eigenvalue weighted by Crippen LogP contribution is -2.43. The Hall–Kier alpha value is -3.36. The molecule has 2 aliphatic rings. The second kappa shape index (κ2) is 11.9. The first-order valence-corrected chi connectivity index (χ1v) is 10.3. The number of anilines is 1. The lowest BCUT2D eigenvalue weighted by Gasteiger charge is -2.21. The third kappa shape index (κ3) is 6.83. The van der Waals surface area contributed by atoms with E-state index in [0.717, 1.165) is 18.5 Å². The Morgan fingerprint density at radius 1 is 1.12 bits per heavy atom. The predicted molar refractivity (Wildman–Crippen MR) is 114 cm³/mol. The minimum Gasteiger partial charge on any atom is -0.473 e. The number of carboxylic acids is 2. The highest BCUT2D eigenvalue weighted by Gasteiger charge is 2.30. The van der Waals surface area contributed by atoms with Crippen LogP contribution in [0.3, 0.4) is 0 Å². The van der Waals surface area contributed by atoms with Crippen molar-refractivity contribution in [3.05, 3.63) is 29.3 Å². The van der Waals surface area contributed by atoms with Crippen LogP contribution in [0.2, 0.25) is 5.02 Å². The standard InChI is InChI=1S/C18H22ClN5O2.C2H2O4/c19-14-3-5-15(6-4-14)24-11-10-22(18(24)26)9-7-21-13-17(25)23-8-1-2-16(23)12-20;3-1(4)2(5)6/h3-6,16,21H,1-2,7-11,13H2;(H,3,4)(H,5,6)/t16-;/m1./s1. The van der Waals surface area contributed by atoms with Crippen molar-refractivity contribution in [1.82, 2.24) is 15.1 Å². The summed E-state index contributed by atoms with van der Waals surface area (Å²) in [6, 6.07) is 9.05. The summed E-state index contributed by atoms with van der Waals surface area (Å²) < 4.78 is 0. The zero-order valence-electron chi connectivity index (χ0n) is 17.2. The molecule has 0 aromatic heterocycles. The zero-order valence-corrected chi connectivity index (χ0v) is 18.0. The van der Waals surface area contributed by atoms with E-state index in [1.165, 1.54) is 0 Å². The molecule has 2 heterocycles. The number of hydrogen-bond acceptors (Lipinski definition) is 6. The molecule has 11 nitrogen and oxygen atoms in total. The van der Waals surface area contributed by atoms with Gasteiger partial charge in [-0.05, 0) is 37.1 Å². The molecule has 32 heavy (non-hydrogen) atoms. The molecule has 0 radical (unpaired) electrons. The molecule has 172 valence electrons. The Morgan fingerprint density at radius 3 is 2.38 bits per heavy atom. The summed E-state index contributed by atoms with van der Waals surface area (Å²) in [4.78, 5) is 48.0. The lowest BCUT2D eigenvalue weighted by atomic mass is 10.2. The van der Waals surface area contributed by atoms with Gasteiger partial charge in [0.1, 0.15) is 6.04 Å². The van der Waals surface area contributed by atoms with E-state index >= 15 is 0 Å². The van der Waals surface area contributed by atoms with Crippen LogP contribution in [-0.4, -0.2) is 89.2 Å². The SMILES string of the molecule is N#C[C@H]1CCCN1C(=O)CNCCN1CCN(c2ccc(Cl)cc2)C1=O.O=C(O)C(=O)O. The highest BCUT2D eigenvalue weighted by atomic mass is 35.5. The summed E-state index contributed by atoms with van der Waals surface area (Å²) in [5.41, 5.74) is 0.835. The minimum atomic E-state index is -1.82. The van der Waals surface area contributed by atoms with Crippen molar-refractivity contribution < 1.29 is 29.4 Å². The molecule has 2 fully saturated rings. The van der Waals surface area contributed by atoms with Crippen molar-refractivity contribution in [2.75, 3.05) is 44.2 Å². The van der Waals surface area contributed by atoms with E-state index in [1.54, 1.807) is 26.8 Å². The number of nitrogens with one attached hydrogen (secondary N) is 1. The number of likely N-dealkylation sites (tertiary alicyclic amines) is 1. The van der Waals surface area contributed by atoms with Gasteiger partial charge >= 0.3 is 18.0 Å². The van der Waals surface area contributed by atoms with Gasteiger partial charge in [0.25, 0.3) is 0 Å². The molecular weight excluding hydrogens is 442 g/mol. The van der Waals surface area contributed by atoms with Gasteiger partial charge in [0, 0.05) is 43.4 Å². The molecule has 0 bridgehead atoms. The Bertz CT molecular complexity index is 875. The van der Waals surface area contributed by atoms with Gasteiger partial charge in [0.2, 0.25) is 5.91 Å². The van der Waals surface area contributed by atoms with Crippen LogP contribution in [0, 0.1) is 11.3 Å². The molecule has 0 unspecified atom stereocenters. The molecule has 0 aliphatic carbocycles. The molecule has 3 N–H and O–H groups in total. The summed E-state index contributed by atoms with van der Waals surface area (Å²) in [5.74, 6) is -3.70. The van der Waals surface area contributed by atoms with Gasteiger partial charge < -0.3 is 25.3 Å². The number of carbonyl (C=O) groups is 4. The third-order valence-corrected chi connectivity index (χ3v) is 5.23. The van der Waals surface area contributed by atoms with Crippen molar-refractivity contribution >= 4 is 41.2 Å². The maximum Gasteiger partial charge on any atom is 0.414 e. The number of carboxylic acid groups (broad SMARTS) is 2. The molecular formula is C20H24ClN5O6. The molecule has 3 amide bonds. The van der Waals surface area contributed by atoms with Crippen LogP contribution >= 0.6 is 11.6 Å². The summed E-state index contributed by atoms with van der Waals surface area (Å²) in [6.07, 6.45) is 1.64. The smallest absolute Gasteiger partial charge is 0.414 e. The monoisotopic (exact) mass is 465 g/mol. The van der Waals surface area contributed by atoms with Crippen molar-refractivity contribution in [3.63, 3.8) is 0 Å². The highest BCUT2D eigenvalue weighted by Crippen LogP contribution is 2.22. The molecule has 2 saturated heterocycles. The molecule has 12 heteroatoms. The Balaban J connectivity index is 0.000000534. The van der Waals surface area contributed by atoms with Gasteiger partial charge in [0.15, 0.2) is 0 Å². The minimum absolute atomic E-state index is 0.0375. The molecule has 1 atom stereocenters. The number of halogens is 1. The average Bonchev–Trinajstić information content (AvgIpc) is 3.39. The van der Waals surface area contributed by atoms with Gasteiger partial charge in [0.05, 0.1) is 12.6 Å². The first kappa shape index (κ1) is 24.9. The second-order valence-corrected chi connectivity index (χ2v) is 7.50. The fraction of sp³-hybridized carbons (Fsp3) is 0.450. The topological polar surface area (TPSA) is 154 Å². The summed E-state index contributed by atoms with van der Waals surface area (Å²) in [6.45, 7) is 3.21. The molecule has 2 aliphatic heterocycles. The Labute approximate surface area is 189 Å². The number of nitrogens with zero attached hydrogens (tertiary/aromatic N) is 4. The van der Waals surface area contributed by atoms with Crippen molar-refractivity contribution in [3.8, 4) is 6.07 Å². The van der Waals surface area contributed by atoms with Gasteiger partial charge in [-0.25, -0.2) is 14.4 Å². The number of nitriles is 1. The average molecular weight is 466 g/mol. The Kier molecular flexibility index (Phi) is 9.24. The maximum absolute atomic E-state index is 12.5. The largest absolute Gasteiger partial charge is 0.473 e. The Morgan fingerprint density at radius 2 is 1.78 bits per heavy atom. The normalized spacial score (nSPS) is 17.6.